The molecule has 0 N–H and O–H groups in total. The lowest BCUT2D eigenvalue weighted by molar-refractivity contribution is -0.218. The second-order valence-electron chi connectivity index (χ2n) is 3.59. The van der Waals surface area contributed by atoms with Crippen molar-refractivity contribution in [1.29, 1.82) is 0 Å². The van der Waals surface area contributed by atoms with Gasteiger partial charge in [-0.3, -0.25) is 4.79 Å². The van der Waals surface area contributed by atoms with Crippen LogP contribution in [0.3, 0.4) is 0 Å². The van der Waals surface area contributed by atoms with Gasteiger partial charge >= 0.3 is 18.1 Å². The number of alkyl halides is 3. The van der Waals surface area contributed by atoms with Crippen molar-refractivity contribution >= 4 is 11.9 Å². The van der Waals surface area contributed by atoms with Crippen LogP contribution in [-0.2, 0) is 19.1 Å². The molecule has 4 nitrogen and oxygen atoms in total. The molecule has 2 atom stereocenters. The average molecular weight is 256 g/mol. The molecule has 0 aromatic heterocycles. The monoisotopic (exact) mass is 256 g/mol. The van der Waals surface area contributed by atoms with Crippen LogP contribution in [0.5, 0.6) is 0 Å². The zero-order valence-electron chi connectivity index (χ0n) is 9.84. The van der Waals surface area contributed by atoms with Crippen LogP contribution in [0.1, 0.15) is 27.2 Å². The van der Waals surface area contributed by atoms with Crippen LogP contribution < -0.4 is 0 Å². The minimum absolute atomic E-state index is 0.400. The zero-order valence-corrected chi connectivity index (χ0v) is 9.84. The molecule has 0 amide bonds. The Morgan fingerprint density at radius 3 is 2.18 bits per heavy atom. The topological polar surface area (TPSA) is 52.6 Å². The van der Waals surface area contributed by atoms with Crippen molar-refractivity contribution in [3.05, 3.63) is 0 Å². The SMILES string of the molecule is CCC(C)C(=O)OCC(=O)OC(C)C(F)(F)F. The molecule has 0 rings (SSSR count). The lowest BCUT2D eigenvalue weighted by atomic mass is 10.1. The minimum atomic E-state index is -4.61. The minimum Gasteiger partial charge on any atom is -0.453 e. The highest BCUT2D eigenvalue weighted by Crippen LogP contribution is 2.22. The Kier molecular flexibility index (Phi) is 5.98. The number of hydrogen-bond acceptors (Lipinski definition) is 4. The molecule has 0 spiro atoms. The van der Waals surface area contributed by atoms with Gasteiger partial charge in [0.1, 0.15) is 0 Å². The first-order valence-corrected chi connectivity index (χ1v) is 5.11. The molecular formula is C10H15F3O4. The molecule has 0 aliphatic heterocycles. The molecule has 0 saturated carbocycles. The molecule has 2 unspecified atom stereocenters. The van der Waals surface area contributed by atoms with Gasteiger partial charge in [-0.15, -0.1) is 0 Å². The van der Waals surface area contributed by atoms with E-state index in [4.69, 9.17) is 0 Å². The van der Waals surface area contributed by atoms with Crippen LogP contribution >= 0.6 is 0 Å². The number of halogens is 3. The third-order valence-electron chi connectivity index (χ3n) is 2.12. The van der Waals surface area contributed by atoms with E-state index in [2.05, 4.69) is 9.47 Å². The van der Waals surface area contributed by atoms with Gasteiger partial charge in [0, 0.05) is 0 Å². The Morgan fingerprint density at radius 2 is 1.76 bits per heavy atom. The molecule has 0 fully saturated rings. The van der Waals surface area contributed by atoms with Crippen molar-refractivity contribution < 1.29 is 32.2 Å². The van der Waals surface area contributed by atoms with Gasteiger partial charge in [-0.2, -0.15) is 13.2 Å². The Balaban J connectivity index is 4.01. The van der Waals surface area contributed by atoms with E-state index in [9.17, 15) is 22.8 Å². The van der Waals surface area contributed by atoms with Gasteiger partial charge in [-0.1, -0.05) is 13.8 Å². The fourth-order valence-electron chi connectivity index (χ4n) is 0.737. The van der Waals surface area contributed by atoms with Crippen LogP contribution in [0.2, 0.25) is 0 Å². The fraction of sp³-hybridized carbons (Fsp3) is 0.800. The summed E-state index contributed by atoms with van der Waals surface area (Å²) in [6.07, 6.45) is -6.30. The van der Waals surface area contributed by atoms with E-state index in [0.717, 1.165) is 0 Å². The molecular weight excluding hydrogens is 241 g/mol. The highest BCUT2D eigenvalue weighted by molar-refractivity contribution is 5.77. The van der Waals surface area contributed by atoms with Crippen LogP contribution in [0.4, 0.5) is 13.2 Å². The first-order valence-electron chi connectivity index (χ1n) is 5.11. The predicted octanol–water partition coefficient (Wildman–Crippen LogP) is 2.07. The summed E-state index contributed by atoms with van der Waals surface area (Å²) in [5, 5.41) is 0. The molecule has 0 aromatic rings. The number of rotatable bonds is 5. The summed E-state index contributed by atoms with van der Waals surface area (Å²) < 4.78 is 44.5. The van der Waals surface area contributed by atoms with E-state index >= 15 is 0 Å². The largest absolute Gasteiger partial charge is 0.453 e. The van der Waals surface area contributed by atoms with Gasteiger partial charge in [-0.05, 0) is 13.3 Å². The molecule has 0 aliphatic carbocycles. The van der Waals surface area contributed by atoms with Crippen molar-refractivity contribution in [2.45, 2.75) is 39.5 Å². The first-order chi connectivity index (χ1) is 7.68. The smallest absolute Gasteiger partial charge is 0.425 e. The summed E-state index contributed by atoms with van der Waals surface area (Å²) in [7, 11) is 0. The van der Waals surface area contributed by atoms with Gasteiger partial charge < -0.3 is 9.47 Å². The fourth-order valence-corrected chi connectivity index (χ4v) is 0.737. The molecule has 7 heteroatoms. The normalized spacial score (nSPS) is 14.9. The van der Waals surface area contributed by atoms with Crippen molar-refractivity contribution in [2.24, 2.45) is 5.92 Å². The number of carbonyl (C=O) groups is 2. The summed E-state index contributed by atoms with van der Waals surface area (Å²) in [5.74, 6) is -2.25. The van der Waals surface area contributed by atoms with Gasteiger partial charge in [-0.25, -0.2) is 4.79 Å². The second kappa shape index (κ2) is 6.46. The van der Waals surface area contributed by atoms with E-state index in [1.165, 1.54) is 0 Å². The van der Waals surface area contributed by atoms with Crippen molar-refractivity contribution in [1.82, 2.24) is 0 Å². The van der Waals surface area contributed by atoms with E-state index in [-0.39, 0.29) is 0 Å². The van der Waals surface area contributed by atoms with Gasteiger partial charge in [0.05, 0.1) is 5.92 Å². The van der Waals surface area contributed by atoms with Crippen molar-refractivity contribution in [3.63, 3.8) is 0 Å². The first kappa shape index (κ1) is 15.7. The summed E-state index contributed by atoms with van der Waals surface area (Å²) in [4.78, 5) is 22.0. The van der Waals surface area contributed by atoms with Crippen molar-refractivity contribution in [2.75, 3.05) is 6.61 Å². The van der Waals surface area contributed by atoms with Gasteiger partial charge in [0.15, 0.2) is 12.7 Å². The quantitative estimate of drug-likeness (QED) is 0.706. The molecule has 0 radical (unpaired) electrons. The Morgan fingerprint density at radius 1 is 1.24 bits per heavy atom. The predicted molar refractivity (Wildman–Crippen MR) is 52.0 cm³/mol. The zero-order chi connectivity index (χ0) is 13.6. The highest BCUT2D eigenvalue weighted by atomic mass is 19.4. The number of esters is 2. The summed E-state index contributed by atoms with van der Waals surface area (Å²) in [6, 6.07) is 0. The number of carbonyl (C=O) groups excluding carboxylic acids is 2. The third-order valence-corrected chi connectivity index (χ3v) is 2.12. The lowest BCUT2D eigenvalue weighted by Gasteiger charge is -2.16. The molecule has 0 aromatic carbocycles. The Bertz CT molecular complexity index is 275. The lowest BCUT2D eigenvalue weighted by Crippen LogP contribution is -2.32. The molecule has 0 aliphatic rings. The molecule has 0 bridgehead atoms. The molecule has 0 saturated heterocycles. The molecule has 0 heterocycles. The number of ether oxygens (including phenoxy) is 2. The summed E-state index contributed by atoms with van der Waals surface area (Å²) in [5.41, 5.74) is 0. The second-order valence-corrected chi connectivity index (χ2v) is 3.59. The maximum absolute atomic E-state index is 12.0. The van der Waals surface area contributed by atoms with Crippen LogP contribution in [0.15, 0.2) is 0 Å². The Labute approximate surface area is 97.1 Å². The molecule has 17 heavy (non-hydrogen) atoms. The van der Waals surface area contributed by atoms with E-state index < -0.39 is 36.7 Å². The summed E-state index contributed by atoms with van der Waals surface area (Å²) >= 11 is 0. The van der Waals surface area contributed by atoms with Crippen LogP contribution in [0.25, 0.3) is 0 Å². The van der Waals surface area contributed by atoms with Crippen molar-refractivity contribution in [3.8, 4) is 0 Å². The highest BCUT2D eigenvalue weighted by Gasteiger charge is 2.39. The standard InChI is InChI=1S/C10H15F3O4/c1-4-6(2)9(15)16-5-8(14)17-7(3)10(11,12)13/h6-7H,4-5H2,1-3H3. The van der Waals surface area contributed by atoms with E-state index in [1.54, 1.807) is 13.8 Å². The van der Waals surface area contributed by atoms with E-state index in [0.29, 0.717) is 13.3 Å². The molecule has 100 valence electrons. The van der Waals surface area contributed by atoms with E-state index in [1.807, 2.05) is 0 Å². The maximum Gasteiger partial charge on any atom is 0.425 e. The number of hydrogen-bond donors (Lipinski definition) is 0. The van der Waals surface area contributed by atoms with Crippen LogP contribution in [-0.4, -0.2) is 30.8 Å². The van der Waals surface area contributed by atoms with Crippen LogP contribution in [0, 0.1) is 5.92 Å². The maximum atomic E-state index is 12.0. The average Bonchev–Trinajstić information content (AvgIpc) is 2.23. The summed E-state index contributed by atoms with van der Waals surface area (Å²) in [6.45, 7) is 3.24. The van der Waals surface area contributed by atoms with Gasteiger partial charge in [0.25, 0.3) is 0 Å². The third kappa shape index (κ3) is 6.13. The van der Waals surface area contributed by atoms with Gasteiger partial charge in [0.2, 0.25) is 0 Å². The Hall–Kier alpha value is -1.27.